The summed E-state index contributed by atoms with van der Waals surface area (Å²) in [7, 11) is 1.58. The van der Waals surface area contributed by atoms with Gasteiger partial charge >= 0.3 is 5.97 Å². The molecule has 1 N–H and O–H groups in total. The number of esters is 1. The van der Waals surface area contributed by atoms with E-state index in [0.717, 1.165) is 5.56 Å². The van der Waals surface area contributed by atoms with Crippen molar-refractivity contribution in [1.29, 1.82) is 0 Å². The summed E-state index contributed by atoms with van der Waals surface area (Å²) < 4.78 is 5.85. The fourth-order valence-electron chi connectivity index (χ4n) is 4.65. The topological polar surface area (TPSA) is 79.5 Å². The van der Waals surface area contributed by atoms with E-state index >= 15 is 0 Å². The van der Waals surface area contributed by atoms with Gasteiger partial charge in [0.15, 0.2) is 0 Å². The lowest BCUT2D eigenvalue weighted by atomic mass is 9.73. The minimum atomic E-state index is -1.46. The number of ether oxygens (including phenoxy) is 1. The third kappa shape index (κ3) is 3.14. The maximum atomic E-state index is 13.7. The van der Waals surface area contributed by atoms with Gasteiger partial charge in [-0.05, 0) is 36.8 Å². The smallest absolute Gasteiger partial charge is 0.338 e. The van der Waals surface area contributed by atoms with E-state index in [4.69, 9.17) is 4.74 Å². The number of carbonyl (C=O) groups is 2. The third-order valence-electron chi connectivity index (χ3n) is 6.52. The quantitative estimate of drug-likeness (QED) is 0.488. The highest BCUT2D eigenvalue weighted by atomic mass is 16.5. The Balaban J connectivity index is 1.78. The summed E-state index contributed by atoms with van der Waals surface area (Å²) in [4.78, 5) is 44.8. The minimum absolute atomic E-state index is 0.242. The van der Waals surface area contributed by atoms with Gasteiger partial charge in [-0.3, -0.25) is 9.59 Å². The predicted molar refractivity (Wildman–Crippen MR) is 125 cm³/mol. The number of carbonyl (C=O) groups excluding carboxylic acids is 2. The first kappa shape index (κ1) is 20.7. The molecule has 6 nitrogen and oxygen atoms in total. The molecule has 1 amide bonds. The molecule has 2 atom stereocenters. The van der Waals surface area contributed by atoms with E-state index in [-0.39, 0.29) is 17.2 Å². The van der Waals surface area contributed by atoms with Crippen molar-refractivity contribution in [2.24, 2.45) is 0 Å². The van der Waals surface area contributed by atoms with Gasteiger partial charge in [-0.25, -0.2) is 4.79 Å². The van der Waals surface area contributed by atoms with E-state index in [1.165, 1.54) is 4.90 Å². The standard InChI is InChI=1S/C27H22N2O4/c1-27(29(2)25(31)18-13-7-4-8-14-18)22(17-11-5-3-6-12-17)21-23(33-26(27)32)19-15-9-10-16-20(19)28-24(21)30/h3-16,22H,1-2H3,(H,28,30)/t22-,27+/m0/s1. The lowest BCUT2D eigenvalue weighted by Gasteiger charge is -2.45. The molecule has 0 saturated heterocycles. The normalized spacial score (nSPS) is 19.6. The highest BCUT2D eigenvalue weighted by Crippen LogP contribution is 2.47. The molecule has 0 spiro atoms. The Kier molecular flexibility index (Phi) is 4.86. The third-order valence-corrected chi connectivity index (χ3v) is 6.52. The Labute approximate surface area is 190 Å². The van der Waals surface area contributed by atoms with Gasteiger partial charge in [0.1, 0.15) is 11.3 Å². The van der Waals surface area contributed by atoms with E-state index in [1.807, 2.05) is 42.5 Å². The molecule has 4 aromatic rings. The minimum Gasteiger partial charge on any atom is -0.424 e. The van der Waals surface area contributed by atoms with Crippen molar-refractivity contribution >= 4 is 22.8 Å². The van der Waals surface area contributed by atoms with Crippen LogP contribution in [0.5, 0.6) is 5.75 Å². The Bertz CT molecular complexity index is 1430. The monoisotopic (exact) mass is 438 g/mol. The van der Waals surface area contributed by atoms with Crippen molar-refractivity contribution in [2.45, 2.75) is 18.4 Å². The van der Waals surface area contributed by atoms with Crippen LogP contribution in [0.15, 0.2) is 89.7 Å². The second-order valence-electron chi connectivity index (χ2n) is 8.35. The number of amides is 1. The zero-order chi connectivity index (χ0) is 23.2. The van der Waals surface area contributed by atoms with Crippen LogP contribution in [0.4, 0.5) is 0 Å². The first-order valence-electron chi connectivity index (χ1n) is 10.7. The number of para-hydroxylation sites is 1. The Morgan fingerprint density at radius 3 is 2.21 bits per heavy atom. The van der Waals surface area contributed by atoms with Gasteiger partial charge in [0.25, 0.3) is 11.5 Å². The molecule has 0 bridgehead atoms. The van der Waals surface area contributed by atoms with Crippen molar-refractivity contribution in [2.75, 3.05) is 7.05 Å². The van der Waals surface area contributed by atoms with Gasteiger partial charge < -0.3 is 14.6 Å². The first-order chi connectivity index (χ1) is 15.9. The summed E-state index contributed by atoms with van der Waals surface area (Å²) in [5, 5.41) is 0.639. The van der Waals surface area contributed by atoms with Gasteiger partial charge in [-0.15, -0.1) is 0 Å². The maximum Gasteiger partial charge on any atom is 0.338 e. The van der Waals surface area contributed by atoms with Crippen molar-refractivity contribution in [3.05, 3.63) is 112 Å². The molecule has 1 aliphatic rings. The average molecular weight is 438 g/mol. The highest BCUT2D eigenvalue weighted by Gasteiger charge is 2.55. The highest BCUT2D eigenvalue weighted by molar-refractivity contribution is 6.01. The molecule has 0 unspecified atom stereocenters. The van der Waals surface area contributed by atoms with Gasteiger partial charge in [-0.2, -0.15) is 0 Å². The number of hydrogen-bond donors (Lipinski definition) is 1. The number of aromatic amines is 1. The van der Waals surface area contributed by atoms with Crippen molar-refractivity contribution < 1.29 is 14.3 Å². The number of hydrogen-bond acceptors (Lipinski definition) is 4. The lowest BCUT2D eigenvalue weighted by molar-refractivity contribution is -0.147. The summed E-state index contributed by atoms with van der Waals surface area (Å²) in [5.41, 5.74) is 0.284. The number of fused-ring (bicyclic) bond motifs is 3. The molecule has 2 heterocycles. The molecule has 1 aromatic heterocycles. The fourth-order valence-corrected chi connectivity index (χ4v) is 4.65. The SMILES string of the molecule is CN(C(=O)c1ccccc1)[C@@]1(C)C(=O)Oc2c(c(=O)[nH]c3ccccc23)[C@@H]1c1ccccc1. The number of rotatable bonds is 3. The van der Waals surface area contributed by atoms with E-state index in [1.54, 1.807) is 56.4 Å². The molecule has 164 valence electrons. The van der Waals surface area contributed by atoms with Crippen LogP contribution in [0.1, 0.15) is 34.3 Å². The molecule has 3 aromatic carbocycles. The lowest BCUT2D eigenvalue weighted by Crippen LogP contribution is -2.61. The molecular formula is C27H22N2O4. The fraction of sp³-hybridized carbons (Fsp3) is 0.148. The van der Waals surface area contributed by atoms with Crippen molar-refractivity contribution in [1.82, 2.24) is 9.88 Å². The van der Waals surface area contributed by atoms with Crippen LogP contribution in [0.2, 0.25) is 0 Å². The molecule has 0 fully saturated rings. The second kappa shape index (κ2) is 7.74. The summed E-state index contributed by atoms with van der Waals surface area (Å²) in [6, 6.07) is 25.2. The number of H-pyrrole nitrogens is 1. The van der Waals surface area contributed by atoms with Crippen LogP contribution in [-0.2, 0) is 4.79 Å². The predicted octanol–water partition coefficient (Wildman–Crippen LogP) is 4.11. The van der Waals surface area contributed by atoms with Gasteiger partial charge in [0.2, 0.25) is 0 Å². The van der Waals surface area contributed by atoms with E-state index < -0.39 is 17.4 Å². The number of nitrogens with zero attached hydrogens (tertiary/aromatic N) is 1. The van der Waals surface area contributed by atoms with Crippen molar-refractivity contribution in [3.8, 4) is 5.75 Å². The number of pyridine rings is 1. The van der Waals surface area contributed by atoms with Gasteiger partial charge in [-0.1, -0.05) is 60.7 Å². The van der Waals surface area contributed by atoms with E-state index in [2.05, 4.69) is 4.98 Å². The van der Waals surface area contributed by atoms with E-state index in [0.29, 0.717) is 22.0 Å². The molecular weight excluding hydrogens is 416 g/mol. The number of benzene rings is 3. The first-order valence-corrected chi connectivity index (χ1v) is 10.7. The number of aromatic nitrogens is 1. The Morgan fingerprint density at radius 1 is 0.909 bits per heavy atom. The van der Waals surface area contributed by atoms with Gasteiger partial charge in [0, 0.05) is 18.0 Å². The molecule has 0 aliphatic carbocycles. The Hall–Kier alpha value is -4.19. The molecule has 5 rings (SSSR count). The van der Waals surface area contributed by atoms with E-state index in [9.17, 15) is 14.4 Å². The summed E-state index contributed by atoms with van der Waals surface area (Å²) in [6.45, 7) is 1.66. The van der Waals surface area contributed by atoms with Crippen molar-refractivity contribution in [3.63, 3.8) is 0 Å². The van der Waals surface area contributed by atoms with Crippen LogP contribution in [0, 0.1) is 0 Å². The number of likely N-dealkylation sites (N-methyl/N-ethyl adjacent to an activating group) is 1. The molecule has 1 aliphatic heterocycles. The zero-order valence-corrected chi connectivity index (χ0v) is 18.2. The summed E-state index contributed by atoms with van der Waals surface area (Å²) in [6.07, 6.45) is 0. The zero-order valence-electron chi connectivity index (χ0n) is 18.2. The van der Waals surface area contributed by atoms with Crippen LogP contribution in [0.25, 0.3) is 10.9 Å². The van der Waals surface area contributed by atoms with Crippen LogP contribution >= 0.6 is 0 Å². The van der Waals surface area contributed by atoms with Crippen LogP contribution in [0.3, 0.4) is 0 Å². The largest absolute Gasteiger partial charge is 0.424 e. The van der Waals surface area contributed by atoms with Crippen LogP contribution in [-0.4, -0.2) is 34.3 Å². The maximum absolute atomic E-state index is 13.7. The average Bonchev–Trinajstić information content (AvgIpc) is 2.85. The van der Waals surface area contributed by atoms with Crippen LogP contribution < -0.4 is 10.3 Å². The molecule has 0 radical (unpaired) electrons. The summed E-state index contributed by atoms with van der Waals surface area (Å²) >= 11 is 0. The number of nitrogens with one attached hydrogen (secondary N) is 1. The molecule has 0 saturated carbocycles. The van der Waals surface area contributed by atoms with Gasteiger partial charge in [0.05, 0.1) is 17.0 Å². The Morgan fingerprint density at radius 2 is 1.52 bits per heavy atom. The molecule has 33 heavy (non-hydrogen) atoms. The summed E-state index contributed by atoms with van der Waals surface area (Å²) in [5.74, 6) is -1.42. The second-order valence-corrected chi connectivity index (χ2v) is 8.35. The molecule has 6 heteroatoms.